The maximum atomic E-state index is 4.41. The van der Waals surface area contributed by atoms with Crippen LogP contribution in [-0.2, 0) is 5.41 Å². The summed E-state index contributed by atoms with van der Waals surface area (Å²) in [7, 11) is 0. The van der Waals surface area contributed by atoms with Crippen molar-refractivity contribution in [1.82, 2.24) is 0 Å². The summed E-state index contributed by atoms with van der Waals surface area (Å²) in [4.78, 5) is 0.329. The summed E-state index contributed by atoms with van der Waals surface area (Å²) in [5.41, 5.74) is 8.72. The molecule has 0 amide bonds. The van der Waals surface area contributed by atoms with Crippen LogP contribution in [0.2, 0.25) is 0 Å². The molecule has 2 heteroatoms. The molecule has 2 atom stereocenters. The number of fused-ring (bicyclic) bond motifs is 2. The largest absolute Gasteiger partial charge is 0.0958 e. The van der Waals surface area contributed by atoms with Crippen molar-refractivity contribution in [2.75, 3.05) is 0 Å². The van der Waals surface area contributed by atoms with E-state index in [0.29, 0.717) is 4.83 Å². The van der Waals surface area contributed by atoms with Crippen LogP contribution >= 0.6 is 31.9 Å². The molecule has 0 nitrogen and oxygen atoms in total. The fourth-order valence-electron chi connectivity index (χ4n) is 4.77. The number of benzene rings is 2. The van der Waals surface area contributed by atoms with Gasteiger partial charge in [-0.1, -0.05) is 111 Å². The predicted octanol–water partition coefficient (Wildman–Crippen LogP) is 8.30. The first kappa shape index (κ1) is 20.4. The molecule has 0 bridgehead atoms. The van der Waals surface area contributed by atoms with Crippen molar-refractivity contribution < 1.29 is 0 Å². The number of alkyl halides is 1. The van der Waals surface area contributed by atoms with Crippen molar-refractivity contribution >= 4 is 37.4 Å². The average molecular weight is 508 g/mol. The SMILES string of the molecule is C=C(C)/C(=C\C=C/C)C1(c2ccccc2)C2=C(C=CC(Br)C2)c2ccc(Br)cc21. The Bertz CT molecular complexity index is 1080. The Kier molecular flexibility index (Phi) is 5.68. The van der Waals surface area contributed by atoms with E-state index >= 15 is 0 Å². The Morgan fingerprint density at radius 3 is 2.62 bits per heavy atom. The van der Waals surface area contributed by atoms with Gasteiger partial charge in [0.25, 0.3) is 0 Å². The second kappa shape index (κ2) is 8.08. The molecular formula is C27H24Br2. The quantitative estimate of drug-likeness (QED) is 0.288. The molecule has 29 heavy (non-hydrogen) atoms. The molecule has 0 aliphatic heterocycles. The van der Waals surface area contributed by atoms with Gasteiger partial charge in [-0.05, 0) is 65.8 Å². The van der Waals surface area contributed by atoms with Crippen molar-refractivity contribution in [3.63, 3.8) is 0 Å². The topological polar surface area (TPSA) is 0 Å². The molecule has 2 aliphatic rings. The second-order valence-electron chi connectivity index (χ2n) is 7.66. The molecule has 0 heterocycles. The second-order valence-corrected chi connectivity index (χ2v) is 9.76. The van der Waals surface area contributed by atoms with Crippen molar-refractivity contribution in [2.24, 2.45) is 0 Å². The van der Waals surface area contributed by atoms with Crippen LogP contribution < -0.4 is 0 Å². The van der Waals surface area contributed by atoms with E-state index in [9.17, 15) is 0 Å². The van der Waals surface area contributed by atoms with Gasteiger partial charge in [-0.25, -0.2) is 0 Å². The summed E-state index contributed by atoms with van der Waals surface area (Å²) in [6.07, 6.45) is 12.0. The molecule has 2 aromatic carbocycles. The maximum absolute atomic E-state index is 4.41. The zero-order valence-corrected chi connectivity index (χ0v) is 19.9. The molecule has 2 unspecified atom stereocenters. The first-order chi connectivity index (χ1) is 14.0. The van der Waals surface area contributed by atoms with Crippen molar-refractivity contribution in [3.8, 4) is 0 Å². The zero-order chi connectivity index (χ0) is 20.6. The smallest absolute Gasteiger partial charge is 0.0679 e. The van der Waals surface area contributed by atoms with Crippen LogP contribution in [0.3, 0.4) is 0 Å². The van der Waals surface area contributed by atoms with Gasteiger partial charge in [0.2, 0.25) is 0 Å². The molecule has 0 N–H and O–H groups in total. The van der Waals surface area contributed by atoms with E-state index in [-0.39, 0.29) is 5.41 Å². The summed E-state index contributed by atoms with van der Waals surface area (Å²) in [6.45, 7) is 8.59. The van der Waals surface area contributed by atoms with Crippen LogP contribution in [0.25, 0.3) is 5.57 Å². The third-order valence-electron chi connectivity index (χ3n) is 5.85. The number of hydrogen-bond donors (Lipinski definition) is 0. The van der Waals surface area contributed by atoms with E-state index < -0.39 is 0 Å². The summed E-state index contributed by atoms with van der Waals surface area (Å²) < 4.78 is 1.10. The lowest BCUT2D eigenvalue weighted by atomic mass is 9.63. The van der Waals surface area contributed by atoms with Crippen LogP contribution in [-0.4, -0.2) is 4.83 Å². The molecule has 0 fully saturated rings. The molecule has 0 radical (unpaired) electrons. The molecular weight excluding hydrogens is 484 g/mol. The summed E-state index contributed by atoms with van der Waals surface area (Å²) in [6, 6.07) is 17.6. The molecule has 2 aromatic rings. The fraction of sp³-hybridized carbons (Fsp3) is 0.185. The van der Waals surface area contributed by atoms with E-state index in [1.165, 1.54) is 33.4 Å². The number of halogens is 2. The standard InChI is InChI=1S/C27H24Br2/c1-4-5-11-24(18(2)3)27(19-9-7-6-8-10-19)25-16-20(28)12-14-22(25)23-15-13-21(29)17-26(23)27/h4-16,21H,2,17H2,1,3H3/b5-4-,24-11+. The molecule has 4 rings (SSSR count). The fourth-order valence-corrected chi connectivity index (χ4v) is 5.60. The van der Waals surface area contributed by atoms with Crippen molar-refractivity contribution in [3.05, 3.63) is 123 Å². The monoisotopic (exact) mass is 506 g/mol. The highest BCUT2D eigenvalue weighted by Crippen LogP contribution is 2.59. The van der Waals surface area contributed by atoms with Gasteiger partial charge in [-0.3, -0.25) is 0 Å². The zero-order valence-electron chi connectivity index (χ0n) is 16.8. The minimum Gasteiger partial charge on any atom is -0.0958 e. The van der Waals surface area contributed by atoms with E-state index in [1.807, 2.05) is 0 Å². The number of allylic oxidation sites excluding steroid dienone is 9. The minimum absolute atomic E-state index is 0.329. The lowest BCUT2D eigenvalue weighted by Gasteiger charge is -2.39. The number of hydrogen-bond acceptors (Lipinski definition) is 0. The minimum atomic E-state index is -0.349. The summed E-state index contributed by atoms with van der Waals surface area (Å²) in [5.74, 6) is 0. The van der Waals surface area contributed by atoms with E-state index in [2.05, 4.69) is 131 Å². The van der Waals surface area contributed by atoms with E-state index in [4.69, 9.17) is 0 Å². The van der Waals surface area contributed by atoms with Gasteiger partial charge in [0, 0.05) is 9.30 Å². The van der Waals surface area contributed by atoms with Gasteiger partial charge >= 0.3 is 0 Å². The Balaban J connectivity index is 2.18. The van der Waals surface area contributed by atoms with E-state index in [0.717, 1.165) is 16.5 Å². The van der Waals surface area contributed by atoms with Crippen LogP contribution in [0, 0.1) is 0 Å². The maximum Gasteiger partial charge on any atom is 0.0679 e. The highest BCUT2D eigenvalue weighted by molar-refractivity contribution is 9.10. The summed E-state index contributed by atoms with van der Waals surface area (Å²) >= 11 is 7.60. The lowest BCUT2D eigenvalue weighted by Crippen LogP contribution is -2.32. The normalized spacial score (nSPS) is 23.4. The van der Waals surface area contributed by atoms with Crippen molar-refractivity contribution in [2.45, 2.75) is 30.5 Å². The van der Waals surface area contributed by atoms with Gasteiger partial charge in [0.1, 0.15) is 0 Å². The molecule has 0 saturated heterocycles. The van der Waals surface area contributed by atoms with Crippen LogP contribution in [0.5, 0.6) is 0 Å². The predicted molar refractivity (Wildman–Crippen MR) is 132 cm³/mol. The third-order valence-corrected chi connectivity index (χ3v) is 6.97. The lowest BCUT2D eigenvalue weighted by molar-refractivity contribution is 0.692. The van der Waals surface area contributed by atoms with Gasteiger partial charge < -0.3 is 0 Å². The first-order valence-electron chi connectivity index (χ1n) is 9.91. The molecule has 0 saturated carbocycles. The molecule has 146 valence electrons. The highest BCUT2D eigenvalue weighted by atomic mass is 79.9. The molecule has 2 aliphatic carbocycles. The first-order valence-corrected chi connectivity index (χ1v) is 11.6. The van der Waals surface area contributed by atoms with E-state index in [1.54, 1.807) is 0 Å². The average Bonchev–Trinajstić information content (AvgIpc) is 2.98. The Morgan fingerprint density at radius 2 is 1.93 bits per heavy atom. The van der Waals surface area contributed by atoms with Gasteiger partial charge in [0.15, 0.2) is 0 Å². The molecule has 0 spiro atoms. The van der Waals surface area contributed by atoms with Gasteiger partial charge in [-0.15, -0.1) is 0 Å². The van der Waals surface area contributed by atoms with Gasteiger partial charge in [0.05, 0.1) is 5.41 Å². The Labute approximate surface area is 190 Å². The van der Waals surface area contributed by atoms with Crippen molar-refractivity contribution in [1.29, 1.82) is 0 Å². The summed E-state index contributed by atoms with van der Waals surface area (Å²) in [5, 5.41) is 0. The van der Waals surface area contributed by atoms with Crippen LogP contribution in [0.4, 0.5) is 0 Å². The molecule has 0 aromatic heterocycles. The van der Waals surface area contributed by atoms with Crippen LogP contribution in [0.1, 0.15) is 37.0 Å². The van der Waals surface area contributed by atoms with Gasteiger partial charge in [-0.2, -0.15) is 0 Å². The Hall–Kier alpha value is -1.90. The third kappa shape index (κ3) is 3.27. The number of rotatable bonds is 4. The Morgan fingerprint density at radius 1 is 1.17 bits per heavy atom. The van der Waals surface area contributed by atoms with Crippen LogP contribution in [0.15, 0.2) is 107 Å². The highest BCUT2D eigenvalue weighted by Gasteiger charge is 2.49.